The number of aryl methyl sites for hydroxylation is 1. The molecule has 21 heteroatoms. The van der Waals surface area contributed by atoms with Gasteiger partial charge in [-0.1, -0.05) is 76.9 Å². The number of aliphatic hydroxyl groups is 1. The molecule has 4 bridgehead atoms. The summed E-state index contributed by atoms with van der Waals surface area (Å²) < 4.78 is 50.2. The molecule has 0 aromatic heterocycles. The molecule has 9 unspecified atom stereocenters. The molecule has 0 aliphatic carbocycles. The van der Waals surface area contributed by atoms with Gasteiger partial charge in [-0.2, -0.15) is 8.42 Å². The van der Waals surface area contributed by atoms with E-state index in [1.165, 1.54) is 45.4 Å². The molecule has 3 heterocycles. The fourth-order valence-corrected chi connectivity index (χ4v) is 11.5. The number of alkyl carbamates (subject to hydrolysis) is 1. The predicted octanol–water partition coefficient (Wildman–Crippen LogP) is 5.01. The number of amides is 4. The van der Waals surface area contributed by atoms with Crippen LogP contribution in [0.3, 0.4) is 0 Å². The van der Waals surface area contributed by atoms with Crippen LogP contribution in [0.1, 0.15) is 91.7 Å². The third-order valence-electron chi connectivity index (χ3n) is 12.1. The second-order valence-electron chi connectivity index (χ2n) is 17.6. The van der Waals surface area contributed by atoms with Crippen LogP contribution in [0.4, 0.5) is 10.5 Å². The summed E-state index contributed by atoms with van der Waals surface area (Å²) in [6.07, 6.45) is 2.57. The van der Waals surface area contributed by atoms with Crippen LogP contribution in [0.25, 0.3) is 0 Å². The first kappa shape index (κ1) is 52.3. The van der Waals surface area contributed by atoms with Gasteiger partial charge < -0.3 is 29.1 Å². The maximum Gasteiger partial charge on any atom is 0.409 e. The lowest BCUT2D eigenvalue weighted by Crippen LogP contribution is -2.60. The number of fused-ring (bicyclic) bond motifs is 5. The Morgan fingerprint density at radius 2 is 1.89 bits per heavy atom. The van der Waals surface area contributed by atoms with Crippen molar-refractivity contribution in [3.05, 3.63) is 52.1 Å². The number of halogens is 1. The van der Waals surface area contributed by atoms with Gasteiger partial charge in [0.05, 0.1) is 23.2 Å². The molecule has 4 rings (SSSR count). The summed E-state index contributed by atoms with van der Waals surface area (Å²) >= 11 is 6.80. The summed E-state index contributed by atoms with van der Waals surface area (Å²) in [5, 5.41) is 13.0. The van der Waals surface area contributed by atoms with Gasteiger partial charge in [0.25, 0.3) is 16.0 Å². The molecule has 352 valence electrons. The van der Waals surface area contributed by atoms with Crippen LogP contribution < -0.4 is 21.5 Å². The van der Waals surface area contributed by atoms with Gasteiger partial charge in [0.2, 0.25) is 11.8 Å². The third kappa shape index (κ3) is 13.1. The molecule has 17 nitrogen and oxygen atoms in total. The number of hydrogen-bond acceptors (Lipinski definition) is 14. The number of likely N-dealkylation sites (N-methyl/N-ethyl adjacent to an activating group) is 1. The number of esters is 1. The number of nitrogens with zero attached hydrogens (tertiary/aromatic N) is 2. The highest BCUT2D eigenvalue weighted by Crippen LogP contribution is 2.49. The summed E-state index contributed by atoms with van der Waals surface area (Å²) in [6.45, 7) is 14.4. The quantitative estimate of drug-likeness (QED) is 0.0255. The minimum Gasteiger partial charge on any atom is -0.457 e. The number of carbonyl (C=O) groups excluding carboxylic acids is 5. The topological polar surface area (TPSA) is 248 Å². The predicted molar refractivity (Wildman–Crippen MR) is 243 cm³/mol. The van der Waals surface area contributed by atoms with E-state index < -0.39 is 91.5 Å². The van der Waals surface area contributed by atoms with E-state index in [0.29, 0.717) is 23.6 Å². The minimum absolute atomic E-state index is 0.0275. The van der Waals surface area contributed by atoms with E-state index in [-0.39, 0.29) is 37.3 Å². The first-order chi connectivity index (χ1) is 29.1. The number of rotatable bonds is 13. The molecule has 3 aliphatic heterocycles. The molecule has 0 radical (unpaired) electrons. The Morgan fingerprint density at radius 3 is 2.52 bits per heavy atom. The molecular formula is C42H62ClN5O12S3. The monoisotopic (exact) mass is 959 g/mol. The SMILES string of the molecule is C/C1=C\C=C\C(C)C2(O)CC(OC(=O)N2)C(C)C2OC2(C)C(OC(=O)C(C)N(C)C(=O)CCC(C)(C)SSCCC(C(=O)NN)S(=O)(=O)O)CC(=O)N(C)c2cc(cc(C)c2Cl)C1. The summed E-state index contributed by atoms with van der Waals surface area (Å²) in [4.78, 5) is 69.1. The zero-order valence-electron chi connectivity index (χ0n) is 37.4. The van der Waals surface area contributed by atoms with Gasteiger partial charge in [-0.25, -0.2) is 15.4 Å². The molecule has 9 atom stereocenters. The average molecular weight is 961 g/mol. The van der Waals surface area contributed by atoms with Gasteiger partial charge in [0, 0.05) is 49.3 Å². The van der Waals surface area contributed by atoms with E-state index in [0.717, 1.165) is 16.7 Å². The largest absolute Gasteiger partial charge is 0.457 e. The van der Waals surface area contributed by atoms with E-state index in [2.05, 4.69) is 5.32 Å². The Kier molecular flexibility index (Phi) is 17.3. The van der Waals surface area contributed by atoms with Crippen molar-refractivity contribution < 1.29 is 56.3 Å². The lowest BCUT2D eigenvalue weighted by atomic mass is 9.82. The van der Waals surface area contributed by atoms with Crippen LogP contribution >= 0.6 is 33.2 Å². The molecule has 2 fully saturated rings. The van der Waals surface area contributed by atoms with E-state index in [1.54, 1.807) is 33.2 Å². The van der Waals surface area contributed by atoms with Gasteiger partial charge in [0.15, 0.2) is 5.25 Å². The van der Waals surface area contributed by atoms with Crippen molar-refractivity contribution in [2.75, 3.05) is 24.7 Å². The zero-order valence-corrected chi connectivity index (χ0v) is 40.6. The number of nitrogens with one attached hydrogen (secondary N) is 2. The van der Waals surface area contributed by atoms with Crippen LogP contribution in [0.15, 0.2) is 35.9 Å². The van der Waals surface area contributed by atoms with Gasteiger partial charge in [-0.05, 0) is 78.0 Å². The molecule has 1 aromatic rings. The lowest BCUT2D eigenvalue weighted by molar-refractivity contribution is -0.162. The van der Waals surface area contributed by atoms with Crippen LogP contribution in [-0.2, 0) is 49.9 Å². The smallest absolute Gasteiger partial charge is 0.409 e. The summed E-state index contributed by atoms with van der Waals surface area (Å²) in [6, 6.07) is 2.70. The minimum atomic E-state index is -4.66. The molecular weight excluding hydrogens is 898 g/mol. The highest BCUT2D eigenvalue weighted by molar-refractivity contribution is 8.77. The number of benzene rings is 1. The van der Waals surface area contributed by atoms with E-state index in [4.69, 9.17) is 31.7 Å². The first-order valence-electron chi connectivity index (χ1n) is 20.7. The second-order valence-corrected chi connectivity index (χ2v) is 22.7. The van der Waals surface area contributed by atoms with Crippen LogP contribution in [-0.4, -0.2) is 118 Å². The summed E-state index contributed by atoms with van der Waals surface area (Å²) in [5.41, 5.74) is 1.98. The fourth-order valence-electron chi connectivity index (χ4n) is 7.65. The number of hydrogen-bond donors (Lipinski definition) is 5. The van der Waals surface area contributed by atoms with Crippen LogP contribution in [0.2, 0.25) is 5.02 Å². The summed E-state index contributed by atoms with van der Waals surface area (Å²) in [5.74, 6) is 1.61. The average Bonchev–Trinajstić information content (AvgIpc) is 3.90. The number of ether oxygens (including phenoxy) is 3. The summed E-state index contributed by atoms with van der Waals surface area (Å²) in [7, 11) is 1.05. The number of hydrazine groups is 1. The van der Waals surface area contributed by atoms with E-state index in [1.807, 2.05) is 58.1 Å². The Balaban J connectivity index is 1.54. The molecule has 6 N–H and O–H groups in total. The van der Waals surface area contributed by atoms with Gasteiger partial charge in [-0.3, -0.25) is 29.7 Å². The number of allylic oxidation sites excluding steroid dienone is 3. The fraction of sp³-hybridized carbons (Fsp3) is 0.643. The van der Waals surface area contributed by atoms with E-state index in [9.17, 15) is 42.0 Å². The Bertz CT molecular complexity index is 2090. The molecule has 0 saturated carbocycles. The normalized spacial score (nSPS) is 29.1. The Morgan fingerprint density at radius 1 is 1.22 bits per heavy atom. The third-order valence-corrected chi connectivity index (χ3v) is 17.2. The van der Waals surface area contributed by atoms with Gasteiger partial charge >= 0.3 is 12.1 Å². The van der Waals surface area contributed by atoms with Gasteiger partial charge in [0.1, 0.15) is 29.6 Å². The highest BCUT2D eigenvalue weighted by Gasteiger charge is 2.64. The number of carbonyl (C=O) groups is 5. The number of anilines is 1. The lowest BCUT2D eigenvalue weighted by Gasteiger charge is -2.41. The maximum atomic E-state index is 14.2. The standard InChI is InChI=1S/C42H62ClN5O12S3/c1-23-12-11-13-25(3)42(54)22-30(58-39(53)45-42)26(4)36-41(8,60-36)32(21-34(50)48(10)29-20-28(18-23)19-24(2)35(29)43)59-38(52)27(5)47(9)33(49)14-16-40(6,7)62-61-17-15-31(37(51)46-44)63(55,56)57/h11-13,19-20,25-27,30-32,36,54H,14-18,21-22,44H2,1-10H3,(H,45,53)(H,46,51)(H,55,56,57)/b13-11+,23-12+. The molecule has 2 saturated heterocycles. The maximum absolute atomic E-state index is 14.2. The second kappa shape index (κ2) is 20.9. The molecule has 0 spiro atoms. The van der Waals surface area contributed by atoms with E-state index >= 15 is 0 Å². The van der Waals surface area contributed by atoms with Crippen molar-refractivity contribution in [3.63, 3.8) is 0 Å². The van der Waals surface area contributed by atoms with Gasteiger partial charge in [-0.15, -0.1) is 0 Å². The van der Waals surface area contributed by atoms with Crippen LogP contribution in [0.5, 0.6) is 0 Å². The van der Waals surface area contributed by atoms with Crippen molar-refractivity contribution in [1.29, 1.82) is 0 Å². The van der Waals surface area contributed by atoms with Crippen molar-refractivity contribution in [2.24, 2.45) is 17.7 Å². The first-order valence-corrected chi connectivity index (χ1v) is 24.9. The molecule has 1 aromatic carbocycles. The molecule has 4 amide bonds. The van der Waals surface area contributed by atoms with Crippen molar-refractivity contribution in [1.82, 2.24) is 15.6 Å². The van der Waals surface area contributed by atoms with Crippen molar-refractivity contribution in [2.45, 2.75) is 140 Å². The molecule has 63 heavy (non-hydrogen) atoms. The van der Waals surface area contributed by atoms with Crippen LogP contribution in [0, 0.1) is 18.8 Å². The highest BCUT2D eigenvalue weighted by atomic mass is 35.5. The van der Waals surface area contributed by atoms with Crippen molar-refractivity contribution >= 4 is 78.8 Å². The Labute approximate surface area is 383 Å². The number of epoxide rings is 1. The Hall–Kier alpha value is -3.37. The zero-order chi connectivity index (χ0) is 47.4. The molecule has 3 aliphatic rings. The van der Waals surface area contributed by atoms with Crippen molar-refractivity contribution in [3.8, 4) is 0 Å². The number of nitrogens with two attached hydrogens (primary N) is 1.